The Morgan fingerprint density at radius 2 is 1.81 bits per heavy atom. The monoisotopic (exact) mass is 429 g/mol. The Morgan fingerprint density at radius 1 is 1.06 bits per heavy atom. The number of rotatable bonds is 8. The van der Waals surface area contributed by atoms with Gasteiger partial charge >= 0.3 is 6.09 Å². The number of H-pyrrole nitrogens is 1. The molecule has 0 aliphatic rings. The molecule has 162 valence electrons. The predicted octanol–water partition coefficient (Wildman–Crippen LogP) is 4.69. The summed E-state index contributed by atoms with van der Waals surface area (Å²) in [7, 11) is 0. The van der Waals surface area contributed by atoms with E-state index in [0.29, 0.717) is 25.0 Å². The normalized spacial score (nSPS) is 10.4. The zero-order chi connectivity index (χ0) is 22.2. The first-order valence-electron chi connectivity index (χ1n) is 10.2. The molecule has 0 saturated carbocycles. The van der Waals surface area contributed by atoms with Gasteiger partial charge in [-0.2, -0.15) is 0 Å². The van der Waals surface area contributed by atoms with Crippen molar-refractivity contribution in [1.29, 1.82) is 0 Å². The van der Waals surface area contributed by atoms with Gasteiger partial charge in [-0.1, -0.05) is 36.4 Å². The first-order chi connectivity index (χ1) is 15.7. The highest BCUT2D eigenvalue weighted by atomic mass is 16.6. The smallest absolute Gasteiger partial charge is 0.413 e. The molecule has 4 rings (SSSR count). The molecule has 2 aromatic heterocycles. The van der Waals surface area contributed by atoms with Crippen LogP contribution >= 0.6 is 0 Å². The van der Waals surface area contributed by atoms with Crippen LogP contribution in [0.3, 0.4) is 0 Å². The first-order valence-corrected chi connectivity index (χ1v) is 10.2. The quantitative estimate of drug-likeness (QED) is 0.351. The van der Waals surface area contributed by atoms with Crippen LogP contribution in [0.15, 0.2) is 79.1 Å². The average Bonchev–Trinajstić information content (AvgIpc) is 3.27. The van der Waals surface area contributed by atoms with Crippen LogP contribution in [0.2, 0.25) is 0 Å². The number of hydrogen-bond acceptors (Lipinski definition) is 6. The van der Waals surface area contributed by atoms with Crippen molar-refractivity contribution in [3.05, 3.63) is 84.7 Å². The van der Waals surface area contributed by atoms with Gasteiger partial charge in [-0.3, -0.25) is 0 Å². The molecule has 2 heterocycles. The molecule has 0 saturated heterocycles. The molecule has 1 amide bonds. The number of hydrogen-bond donors (Lipinski definition) is 3. The lowest BCUT2D eigenvalue weighted by molar-refractivity contribution is 0.195. The second kappa shape index (κ2) is 10.1. The summed E-state index contributed by atoms with van der Waals surface area (Å²) in [4.78, 5) is 23.9. The Bertz CT molecular complexity index is 1160. The van der Waals surface area contributed by atoms with E-state index in [0.717, 1.165) is 28.3 Å². The Balaban J connectivity index is 1.33. The molecule has 4 aromatic rings. The fourth-order valence-corrected chi connectivity index (χ4v) is 2.99. The van der Waals surface area contributed by atoms with Crippen LogP contribution in [0.25, 0.3) is 11.3 Å². The van der Waals surface area contributed by atoms with Crippen LogP contribution in [0.5, 0.6) is 11.6 Å². The molecule has 8 nitrogen and oxygen atoms in total. The Hall–Kier alpha value is -4.33. The number of para-hydroxylation sites is 2. The fourth-order valence-electron chi connectivity index (χ4n) is 2.99. The van der Waals surface area contributed by atoms with E-state index < -0.39 is 6.09 Å². The number of carbonyl (C=O) groups excluding carboxylic acids is 1. The van der Waals surface area contributed by atoms with Crippen molar-refractivity contribution in [2.75, 3.05) is 18.5 Å². The summed E-state index contributed by atoms with van der Waals surface area (Å²) in [6, 6.07) is 20.8. The van der Waals surface area contributed by atoms with E-state index in [1.54, 1.807) is 18.5 Å². The molecule has 0 radical (unpaired) electrons. The van der Waals surface area contributed by atoms with Crippen LogP contribution < -0.4 is 20.1 Å². The number of carbonyl (C=O) groups is 1. The molecule has 8 heteroatoms. The maximum absolute atomic E-state index is 12.0. The van der Waals surface area contributed by atoms with E-state index in [2.05, 4.69) is 25.6 Å². The number of nitrogens with one attached hydrogen (secondary N) is 3. The van der Waals surface area contributed by atoms with E-state index in [1.807, 2.05) is 67.6 Å². The van der Waals surface area contributed by atoms with Crippen LogP contribution in [-0.2, 0) is 0 Å². The van der Waals surface area contributed by atoms with Gasteiger partial charge in [0.05, 0.1) is 12.2 Å². The molecule has 0 bridgehead atoms. The van der Waals surface area contributed by atoms with E-state index >= 15 is 0 Å². The van der Waals surface area contributed by atoms with Crippen molar-refractivity contribution in [3.8, 4) is 22.9 Å². The molecule has 0 atom stereocenters. The van der Waals surface area contributed by atoms with E-state index in [9.17, 15) is 4.79 Å². The third-order valence-electron chi connectivity index (χ3n) is 4.52. The zero-order valence-corrected chi connectivity index (χ0v) is 17.5. The van der Waals surface area contributed by atoms with Crippen molar-refractivity contribution < 1.29 is 14.3 Å². The van der Waals surface area contributed by atoms with Crippen LogP contribution in [0, 0.1) is 6.92 Å². The molecule has 0 fully saturated rings. The number of nitrogens with zero attached hydrogens (tertiary/aromatic N) is 2. The second-order valence-electron chi connectivity index (χ2n) is 6.95. The summed E-state index contributed by atoms with van der Waals surface area (Å²) in [5, 5.41) is 5.84. The topological polar surface area (TPSA) is 101 Å². The number of aryl methyl sites for hydroxylation is 1. The minimum Gasteiger partial charge on any atom is -0.492 e. The van der Waals surface area contributed by atoms with Crippen LogP contribution in [0.4, 0.5) is 16.4 Å². The number of aromatic nitrogens is 3. The molecule has 2 aromatic carbocycles. The lowest BCUT2D eigenvalue weighted by Crippen LogP contribution is -2.30. The van der Waals surface area contributed by atoms with Crippen LogP contribution in [-0.4, -0.2) is 34.2 Å². The number of ether oxygens (including phenoxy) is 2. The molecule has 3 N–H and O–H groups in total. The van der Waals surface area contributed by atoms with Gasteiger partial charge in [0.1, 0.15) is 12.4 Å². The lowest BCUT2D eigenvalue weighted by Gasteiger charge is -2.08. The van der Waals surface area contributed by atoms with Gasteiger partial charge in [0, 0.05) is 29.7 Å². The minimum atomic E-state index is -0.569. The minimum absolute atomic E-state index is 0.317. The summed E-state index contributed by atoms with van der Waals surface area (Å²) in [6.07, 6.45) is 2.92. The maximum Gasteiger partial charge on any atom is 0.413 e. The van der Waals surface area contributed by atoms with Crippen molar-refractivity contribution in [1.82, 2.24) is 20.3 Å². The van der Waals surface area contributed by atoms with Gasteiger partial charge in [-0.15, -0.1) is 0 Å². The summed E-state index contributed by atoms with van der Waals surface area (Å²) >= 11 is 0. The van der Waals surface area contributed by atoms with Crippen LogP contribution in [0.1, 0.15) is 5.56 Å². The molecular weight excluding hydrogens is 406 g/mol. The number of aromatic amines is 1. The first kappa shape index (κ1) is 20.9. The summed E-state index contributed by atoms with van der Waals surface area (Å²) in [5.41, 5.74) is 3.32. The summed E-state index contributed by atoms with van der Waals surface area (Å²) in [6.45, 7) is 2.59. The van der Waals surface area contributed by atoms with Gasteiger partial charge in [0.2, 0.25) is 11.8 Å². The average molecular weight is 429 g/mol. The molecule has 0 aliphatic heterocycles. The predicted molar refractivity (Wildman–Crippen MR) is 122 cm³/mol. The Kier molecular flexibility index (Phi) is 6.62. The Morgan fingerprint density at radius 3 is 2.59 bits per heavy atom. The van der Waals surface area contributed by atoms with Crippen molar-refractivity contribution in [2.24, 2.45) is 0 Å². The summed E-state index contributed by atoms with van der Waals surface area (Å²) < 4.78 is 10.9. The van der Waals surface area contributed by atoms with E-state index in [-0.39, 0.29) is 0 Å². The van der Waals surface area contributed by atoms with Gasteiger partial charge in [-0.25, -0.2) is 14.8 Å². The standard InChI is InChI=1S/C24H23N5O3/c1-17-15-27-23(28-19-8-4-2-5-9-19)29-22(17)18-14-21(26-16-18)32-24(30)25-12-13-31-20-10-6-3-7-11-20/h2-11,14-16,26H,12-13H2,1H3,(H,25,30)(H,27,28,29). The lowest BCUT2D eigenvalue weighted by atomic mass is 10.1. The molecule has 0 spiro atoms. The number of benzene rings is 2. The van der Waals surface area contributed by atoms with Gasteiger partial charge in [0.25, 0.3) is 0 Å². The highest BCUT2D eigenvalue weighted by Crippen LogP contribution is 2.26. The van der Waals surface area contributed by atoms with E-state index in [4.69, 9.17) is 9.47 Å². The largest absolute Gasteiger partial charge is 0.492 e. The highest BCUT2D eigenvalue weighted by Gasteiger charge is 2.12. The molecule has 0 unspecified atom stereocenters. The molecule has 0 aliphatic carbocycles. The summed E-state index contributed by atoms with van der Waals surface area (Å²) in [5.74, 6) is 1.55. The van der Waals surface area contributed by atoms with Crippen molar-refractivity contribution >= 4 is 17.7 Å². The maximum atomic E-state index is 12.0. The number of amides is 1. The van der Waals surface area contributed by atoms with Gasteiger partial charge in [0.15, 0.2) is 0 Å². The van der Waals surface area contributed by atoms with Gasteiger partial charge < -0.3 is 25.1 Å². The second-order valence-corrected chi connectivity index (χ2v) is 6.95. The Labute approximate surface area is 185 Å². The van der Waals surface area contributed by atoms with E-state index in [1.165, 1.54) is 0 Å². The third kappa shape index (κ3) is 5.63. The van der Waals surface area contributed by atoms with Crippen molar-refractivity contribution in [2.45, 2.75) is 6.92 Å². The fraction of sp³-hybridized carbons (Fsp3) is 0.125. The highest BCUT2D eigenvalue weighted by molar-refractivity contribution is 5.71. The third-order valence-corrected chi connectivity index (χ3v) is 4.52. The van der Waals surface area contributed by atoms with Crippen molar-refractivity contribution in [3.63, 3.8) is 0 Å². The zero-order valence-electron chi connectivity index (χ0n) is 17.5. The molecular formula is C24H23N5O3. The molecule has 32 heavy (non-hydrogen) atoms. The van der Waals surface area contributed by atoms with Gasteiger partial charge in [-0.05, 0) is 36.8 Å². The number of anilines is 2. The SMILES string of the molecule is Cc1cnc(Nc2ccccc2)nc1-c1c[nH]c(OC(=O)NCCOc2ccccc2)c1.